The van der Waals surface area contributed by atoms with Crippen molar-refractivity contribution in [3.63, 3.8) is 0 Å². The molecule has 0 saturated carbocycles. The van der Waals surface area contributed by atoms with Gasteiger partial charge in [-0.25, -0.2) is 0 Å². The van der Waals surface area contributed by atoms with Gasteiger partial charge >= 0.3 is 51.4 Å². The average molecular weight is 203 g/mol. The van der Waals surface area contributed by atoms with Crippen molar-refractivity contribution < 1.29 is 13.0 Å². The third kappa shape index (κ3) is 14.0. The third-order valence-electron chi connectivity index (χ3n) is 0.941. The van der Waals surface area contributed by atoms with Crippen molar-refractivity contribution in [1.82, 2.24) is 0 Å². The summed E-state index contributed by atoms with van der Waals surface area (Å²) in [6, 6.07) is 1.88. The molecule has 6 heteroatoms. The molecule has 0 amide bonds. The molecule has 0 aromatic carbocycles. The summed E-state index contributed by atoms with van der Waals surface area (Å²) in [6.45, 7) is 0. The second kappa shape index (κ2) is 7.67. The zero-order chi connectivity index (χ0) is 8.04. The quantitative estimate of drug-likeness (QED) is 0.394. The summed E-state index contributed by atoms with van der Waals surface area (Å²) < 4.78 is 28.3. The number of unbranched alkanes of at least 4 members (excludes halogenated alkanes) is 2. The Labute approximate surface area is 109 Å². The van der Waals surface area contributed by atoms with Crippen LogP contribution in [-0.4, -0.2) is 70.1 Å². The molecule has 0 aromatic rings. The Morgan fingerprint density at radius 3 is 2.27 bits per heavy atom. The van der Waals surface area contributed by atoms with Crippen LogP contribution in [0.4, 0.5) is 0 Å². The Kier molecular flexibility index (Phi) is 10.2. The fourth-order valence-electron chi connectivity index (χ4n) is 0.489. The van der Waals surface area contributed by atoms with Crippen LogP contribution in [0.25, 0.3) is 0 Å². The first-order valence-electron chi connectivity index (χ1n) is 2.88. The van der Waals surface area contributed by atoms with Crippen LogP contribution in [0, 0.1) is 11.3 Å². The molecule has 0 aliphatic carbocycles. The number of hydrogen-bond acceptors (Lipinski definition) is 3. The summed E-state index contributed by atoms with van der Waals surface area (Å²) in [5, 5.41) is 8.03. The van der Waals surface area contributed by atoms with Gasteiger partial charge in [0.05, 0.1) is 11.8 Å². The van der Waals surface area contributed by atoms with Crippen molar-refractivity contribution in [2.75, 3.05) is 5.75 Å². The van der Waals surface area contributed by atoms with Crippen LogP contribution in [0.1, 0.15) is 19.3 Å². The molecule has 0 aromatic heterocycles. The predicted molar refractivity (Wildman–Crippen MR) is 43.0 cm³/mol. The van der Waals surface area contributed by atoms with Gasteiger partial charge in [-0.05, 0) is 12.8 Å². The first kappa shape index (κ1) is 14.6. The molecule has 0 heterocycles. The minimum atomic E-state index is -3.81. The van der Waals surface area contributed by atoms with Crippen LogP contribution in [-0.2, 0) is 10.1 Å². The maximum absolute atomic E-state index is 10.1. The molecule has 0 radical (unpaired) electrons. The van der Waals surface area contributed by atoms with E-state index >= 15 is 0 Å². The fourth-order valence-corrected chi connectivity index (χ4v) is 1.06. The zero-order valence-electron chi connectivity index (χ0n) is 5.45. The number of nitriles is 1. The minimum absolute atomic E-state index is 0. The van der Waals surface area contributed by atoms with Gasteiger partial charge in [-0.15, -0.1) is 0 Å². The summed E-state index contributed by atoms with van der Waals surface area (Å²) in [4.78, 5) is 0. The summed E-state index contributed by atoms with van der Waals surface area (Å²) >= 11 is 0. The third-order valence-corrected chi connectivity index (χ3v) is 1.75. The maximum atomic E-state index is 10.1. The summed E-state index contributed by atoms with van der Waals surface area (Å²) in [5.41, 5.74) is 0. The molecule has 60 valence electrons. The van der Waals surface area contributed by atoms with Crippen molar-refractivity contribution in [1.29, 1.82) is 5.26 Å². The summed E-state index contributed by atoms with van der Waals surface area (Å²) in [7, 11) is -3.81. The molecule has 4 nitrogen and oxygen atoms in total. The number of nitrogens with zero attached hydrogens (tertiary/aromatic N) is 1. The standard InChI is InChI=1S/C5H9NO3S.K.H/c6-4-2-1-3-5-10(7,8)9;;/h1-3,5H2,(H,7,8,9);;. The second-order valence-electron chi connectivity index (χ2n) is 1.90. The van der Waals surface area contributed by atoms with Crippen molar-refractivity contribution in [2.45, 2.75) is 19.3 Å². The molecule has 0 aliphatic rings. The molecule has 1 N–H and O–H groups in total. The molecule has 0 fully saturated rings. The van der Waals surface area contributed by atoms with E-state index in [1.165, 1.54) is 0 Å². The van der Waals surface area contributed by atoms with E-state index < -0.39 is 10.1 Å². The number of rotatable bonds is 4. The SMILES string of the molecule is N#CCCCCS(=O)(=O)O.[KH]. The van der Waals surface area contributed by atoms with Gasteiger partial charge in [-0.1, -0.05) is 0 Å². The van der Waals surface area contributed by atoms with Crippen molar-refractivity contribution in [3.8, 4) is 6.07 Å². The number of hydrogen-bond donors (Lipinski definition) is 1. The zero-order valence-corrected chi connectivity index (χ0v) is 6.26. The molecule has 0 saturated heterocycles. The van der Waals surface area contributed by atoms with E-state index in [1.807, 2.05) is 6.07 Å². The van der Waals surface area contributed by atoms with E-state index in [2.05, 4.69) is 0 Å². The Hall–Kier alpha value is 1.04. The van der Waals surface area contributed by atoms with Gasteiger partial charge in [0.15, 0.2) is 0 Å². The predicted octanol–water partition coefficient (Wildman–Crippen LogP) is -0.0804. The molecule has 0 spiro atoms. The van der Waals surface area contributed by atoms with Crippen molar-refractivity contribution in [3.05, 3.63) is 0 Å². The van der Waals surface area contributed by atoms with Gasteiger partial charge < -0.3 is 0 Å². The molecule has 0 unspecified atom stereocenters. The van der Waals surface area contributed by atoms with Gasteiger partial charge in [0.2, 0.25) is 0 Å². The van der Waals surface area contributed by atoms with Crippen LogP contribution in [0.2, 0.25) is 0 Å². The molecule has 0 bridgehead atoms. The van der Waals surface area contributed by atoms with Crippen LogP contribution in [0.5, 0.6) is 0 Å². The molecule has 11 heavy (non-hydrogen) atoms. The van der Waals surface area contributed by atoms with Crippen LogP contribution < -0.4 is 0 Å². The van der Waals surface area contributed by atoms with E-state index in [4.69, 9.17) is 9.81 Å². The fraction of sp³-hybridized carbons (Fsp3) is 0.800. The van der Waals surface area contributed by atoms with Crippen molar-refractivity contribution in [2.24, 2.45) is 0 Å². The van der Waals surface area contributed by atoms with Gasteiger partial charge in [0.1, 0.15) is 0 Å². The van der Waals surface area contributed by atoms with Gasteiger partial charge in [0, 0.05) is 6.42 Å². The van der Waals surface area contributed by atoms with E-state index in [9.17, 15) is 8.42 Å². The Morgan fingerprint density at radius 2 is 1.91 bits per heavy atom. The summed E-state index contributed by atoms with van der Waals surface area (Å²) in [6.07, 6.45) is 1.22. The molecule has 0 aliphatic heterocycles. The molecular formula is C5H10KNO3S. The van der Waals surface area contributed by atoms with E-state index in [0.29, 0.717) is 19.3 Å². The molecule has 0 rings (SSSR count). The average Bonchev–Trinajstić information content (AvgIpc) is 1.78. The second-order valence-corrected chi connectivity index (χ2v) is 3.47. The Morgan fingerprint density at radius 1 is 1.36 bits per heavy atom. The molecular weight excluding hydrogens is 193 g/mol. The normalized spacial score (nSPS) is 9.82. The topological polar surface area (TPSA) is 78.2 Å². The van der Waals surface area contributed by atoms with E-state index in [-0.39, 0.29) is 57.1 Å². The summed E-state index contributed by atoms with van der Waals surface area (Å²) in [5.74, 6) is -0.241. The first-order chi connectivity index (χ1) is 4.56. The van der Waals surface area contributed by atoms with E-state index in [1.54, 1.807) is 0 Å². The molecule has 0 atom stereocenters. The van der Waals surface area contributed by atoms with Gasteiger partial charge in [0.25, 0.3) is 10.1 Å². The first-order valence-corrected chi connectivity index (χ1v) is 4.49. The van der Waals surface area contributed by atoms with Crippen LogP contribution >= 0.6 is 0 Å². The monoisotopic (exact) mass is 203 g/mol. The Bertz CT molecular complexity index is 218. The Balaban J connectivity index is 0. The van der Waals surface area contributed by atoms with Crippen molar-refractivity contribution >= 4 is 61.5 Å². The van der Waals surface area contributed by atoms with Crippen LogP contribution in [0.15, 0.2) is 0 Å². The van der Waals surface area contributed by atoms with Gasteiger partial charge in [-0.3, -0.25) is 4.55 Å². The van der Waals surface area contributed by atoms with E-state index in [0.717, 1.165) is 0 Å². The van der Waals surface area contributed by atoms with Crippen LogP contribution in [0.3, 0.4) is 0 Å². The van der Waals surface area contributed by atoms with Gasteiger partial charge in [-0.2, -0.15) is 13.7 Å².